The maximum atomic E-state index is 3.80. The molecular weight excluding hydrogens is 189 g/mol. The van der Waals surface area contributed by atoms with E-state index in [1.165, 1.54) is 0 Å². The Hall–Kier alpha value is 0.184. The Morgan fingerprint density at radius 1 is 1.33 bits per heavy atom. The number of hydrogen-bond donors (Lipinski definition) is 0. The Bertz CT molecular complexity index is 150. The van der Waals surface area contributed by atoms with E-state index in [1.807, 2.05) is 19.9 Å². The van der Waals surface area contributed by atoms with Crippen LogP contribution in [-0.2, 0) is 32.7 Å². The van der Waals surface area contributed by atoms with Crippen molar-refractivity contribution in [2.75, 3.05) is 0 Å². The van der Waals surface area contributed by atoms with E-state index >= 15 is 0 Å². The summed E-state index contributed by atoms with van der Waals surface area (Å²) in [6, 6.07) is 4.75. The second-order valence-electron chi connectivity index (χ2n) is 1.72. The summed E-state index contributed by atoms with van der Waals surface area (Å²) in [7, 11) is 0. The summed E-state index contributed by atoms with van der Waals surface area (Å²) < 4.78 is 0. The van der Waals surface area contributed by atoms with Crippen LogP contribution in [0.2, 0.25) is 0 Å². The van der Waals surface area contributed by atoms with E-state index in [2.05, 4.69) is 16.3 Å². The summed E-state index contributed by atoms with van der Waals surface area (Å²) in [4.78, 5) is 0. The summed E-state index contributed by atoms with van der Waals surface area (Å²) in [5.74, 6) is 0. The second kappa shape index (κ2) is 4.07. The number of nitrogens with zero attached hydrogens (tertiary/aromatic N) is 2. The van der Waals surface area contributed by atoms with Crippen molar-refractivity contribution in [2.45, 2.75) is 13.8 Å². The molecule has 0 spiro atoms. The van der Waals surface area contributed by atoms with Crippen LogP contribution in [-0.4, -0.2) is 10.2 Å². The minimum Gasteiger partial charge on any atom is -0.255 e. The van der Waals surface area contributed by atoms with Gasteiger partial charge in [-0.2, -0.15) is 5.10 Å². The fraction of sp³-hybridized carbons (Fsp3) is 0.333. The smallest absolute Gasteiger partial charge is 0.255 e. The van der Waals surface area contributed by atoms with Gasteiger partial charge in [-0.1, -0.05) is 12.6 Å². The van der Waals surface area contributed by atoms with E-state index in [1.54, 1.807) is 0 Å². The van der Waals surface area contributed by atoms with Gasteiger partial charge in [0.1, 0.15) is 0 Å². The monoisotopic (exact) mass is 196 g/mol. The van der Waals surface area contributed by atoms with Gasteiger partial charge < -0.3 is 0 Å². The third kappa shape index (κ3) is 3.02. The van der Waals surface area contributed by atoms with Crippen LogP contribution in [0.25, 0.3) is 0 Å². The van der Waals surface area contributed by atoms with Crippen molar-refractivity contribution < 1.29 is 32.7 Å². The molecule has 0 aromatic carbocycles. The van der Waals surface area contributed by atoms with Crippen LogP contribution in [0.3, 0.4) is 0 Å². The number of rotatable bonds is 0. The molecule has 42 valence electrons. The Morgan fingerprint density at radius 3 is 2.33 bits per heavy atom. The van der Waals surface area contributed by atoms with Crippen LogP contribution >= 0.6 is 0 Å². The second-order valence-corrected chi connectivity index (χ2v) is 1.72. The van der Waals surface area contributed by atoms with Crippen molar-refractivity contribution in [2.24, 2.45) is 0 Å². The van der Waals surface area contributed by atoms with Crippen LogP contribution in [0.5, 0.6) is 0 Å². The average molecular weight is 196 g/mol. The molecule has 0 unspecified atom stereocenters. The minimum atomic E-state index is 0. The van der Waals surface area contributed by atoms with Crippen LogP contribution < -0.4 is 0 Å². The number of aromatic nitrogens is 2. The molecule has 3 heteroatoms. The molecule has 0 aliphatic carbocycles. The molecule has 0 amide bonds. The normalized spacial score (nSPS) is 8.22. The Kier molecular flexibility index (Phi) is 4.16. The van der Waals surface area contributed by atoms with E-state index in [-0.39, 0.29) is 32.7 Å². The molecule has 0 N–H and O–H groups in total. The third-order valence-electron chi connectivity index (χ3n) is 0.848. The predicted octanol–water partition coefficient (Wildman–Crippen LogP) is 0.891. The van der Waals surface area contributed by atoms with E-state index < -0.39 is 0 Å². The third-order valence-corrected chi connectivity index (χ3v) is 0.848. The van der Waals surface area contributed by atoms with E-state index in [4.69, 9.17) is 0 Å². The first-order valence-electron chi connectivity index (χ1n) is 2.47. The molecular formula is C6H7N2Y+2. The van der Waals surface area contributed by atoms with Gasteiger partial charge in [-0.3, -0.25) is 5.10 Å². The topological polar surface area (TPSA) is 25.8 Å². The molecule has 0 aliphatic rings. The zero-order chi connectivity index (χ0) is 5.98. The Morgan fingerprint density at radius 2 is 2.00 bits per heavy atom. The van der Waals surface area contributed by atoms with E-state index in [0.29, 0.717) is 0 Å². The standard InChI is InChI=1S/C6H7N2.Y/c1-5-3-4-6(2)8-7-5;/h3H,1-2H3;/q-1;+3. The molecule has 9 heavy (non-hydrogen) atoms. The summed E-state index contributed by atoms with van der Waals surface area (Å²) in [6.45, 7) is 3.76. The van der Waals surface area contributed by atoms with Crippen molar-refractivity contribution >= 4 is 0 Å². The molecule has 0 fully saturated rings. The Labute approximate surface area is 80.0 Å². The SMILES string of the molecule is Cc1[c-]cc(C)nn1.[Y+3]. The van der Waals surface area contributed by atoms with Gasteiger partial charge >= 0.3 is 32.7 Å². The summed E-state index contributed by atoms with van der Waals surface area (Å²) in [6.07, 6.45) is 0. The molecule has 1 aromatic rings. The molecule has 0 atom stereocenters. The predicted molar refractivity (Wildman–Crippen MR) is 30.3 cm³/mol. The molecule has 0 saturated carbocycles. The van der Waals surface area contributed by atoms with Gasteiger partial charge in [-0.05, 0) is 12.6 Å². The van der Waals surface area contributed by atoms with E-state index in [0.717, 1.165) is 11.4 Å². The summed E-state index contributed by atoms with van der Waals surface area (Å²) in [5, 5.41) is 7.57. The Balaban J connectivity index is 0.000000640. The first-order chi connectivity index (χ1) is 3.79. The largest absolute Gasteiger partial charge is 3.00 e. The van der Waals surface area contributed by atoms with Crippen molar-refractivity contribution in [3.8, 4) is 0 Å². The maximum absolute atomic E-state index is 3.80. The molecule has 1 aromatic heterocycles. The van der Waals surface area contributed by atoms with Gasteiger partial charge in [0.25, 0.3) is 0 Å². The fourth-order valence-corrected chi connectivity index (χ4v) is 0.420. The maximum Gasteiger partial charge on any atom is 3.00 e. The molecule has 1 rings (SSSR count). The molecule has 0 saturated heterocycles. The van der Waals surface area contributed by atoms with Gasteiger partial charge in [-0.25, -0.2) is 12.1 Å². The fourth-order valence-electron chi connectivity index (χ4n) is 0.420. The quantitative estimate of drug-likeness (QED) is 0.576. The summed E-state index contributed by atoms with van der Waals surface area (Å²) >= 11 is 0. The van der Waals surface area contributed by atoms with Crippen molar-refractivity contribution in [3.05, 3.63) is 23.5 Å². The molecule has 0 aliphatic heterocycles. The van der Waals surface area contributed by atoms with Crippen LogP contribution in [0.15, 0.2) is 6.07 Å². The van der Waals surface area contributed by atoms with Crippen molar-refractivity contribution in [3.63, 3.8) is 0 Å². The van der Waals surface area contributed by atoms with Crippen LogP contribution in [0, 0.1) is 19.9 Å². The molecule has 1 heterocycles. The van der Waals surface area contributed by atoms with Gasteiger partial charge in [-0.15, -0.1) is 0 Å². The number of aryl methyl sites for hydroxylation is 2. The number of hydrogen-bond acceptors (Lipinski definition) is 2. The van der Waals surface area contributed by atoms with Gasteiger partial charge in [0, 0.05) is 0 Å². The zero-order valence-electron chi connectivity index (χ0n) is 5.55. The minimum absolute atomic E-state index is 0. The molecule has 2 nitrogen and oxygen atoms in total. The van der Waals surface area contributed by atoms with Crippen molar-refractivity contribution in [1.29, 1.82) is 0 Å². The average Bonchev–Trinajstić information content (AvgIpc) is 1.77. The van der Waals surface area contributed by atoms with Crippen LogP contribution in [0.4, 0.5) is 0 Å². The molecule has 0 radical (unpaired) electrons. The first kappa shape index (κ1) is 9.18. The van der Waals surface area contributed by atoms with Crippen molar-refractivity contribution in [1.82, 2.24) is 10.2 Å². The van der Waals surface area contributed by atoms with Gasteiger partial charge in [0.15, 0.2) is 0 Å². The molecule has 0 bridgehead atoms. The van der Waals surface area contributed by atoms with Crippen LogP contribution in [0.1, 0.15) is 11.4 Å². The first-order valence-corrected chi connectivity index (χ1v) is 2.47. The van der Waals surface area contributed by atoms with E-state index in [9.17, 15) is 0 Å². The van der Waals surface area contributed by atoms with Gasteiger partial charge in [0.2, 0.25) is 0 Å². The summed E-state index contributed by atoms with van der Waals surface area (Å²) in [5.41, 5.74) is 1.76. The van der Waals surface area contributed by atoms with Gasteiger partial charge in [0.05, 0.1) is 0 Å². The zero-order valence-corrected chi connectivity index (χ0v) is 8.39.